The van der Waals surface area contributed by atoms with Gasteiger partial charge in [-0.15, -0.1) is 0 Å². The molecule has 182 valence electrons. The molecule has 0 unspecified atom stereocenters. The SMILES string of the molecule is COc1cc2nn(C3CCNCC3)cc2cc1NC(=O)c1coc(-c2ccnc(C(F)(F)F)c2)n1. The van der Waals surface area contributed by atoms with Crippen LogP contribution in [0.3, 0.4) is 0 Å². The minimum atomic E-state index is -4.61. The van der Waals surface area contributed by atoms with E-state index in [9.17, 15) is 18.0 Å². The van der Waals surface area contributed by atoms with E-state index in [0.29, 0.717) is 17.5 Å². The summed E-state index contributed by atoms with van der Waals surface area (Å²) in [7, 11) is 1.48. The van der Waals surface area contributed by atoms with Gasteiger partial charge in [0.05, 0.1) is 24.4 Å². The largest absolute Gasteiger partial charge is 0.494 e. The van der Waals surface area contributed by atoms with E-state index in [1.165, 1.54) is 13.2 Å². The standard InChI is InChI=1S/C23H21F3N6O3/c1-34-19-10-16-14(11-32(31-16)15-3-5-27-6-4-15)8-17(19)29-21(33)18-12-35-22(30-18)13-2-7-28-20(9-13)23(24,25)26/h2,7-12,15,27H,3-6H2,1H3,(H,29,33). The molecule has 4 aromatic rings. The highest BCUT2D eigenvalue weighted by atomic mass is 19.4. The lowest BCUT2D eigenvalue weighted by Crippen LogP contribution is -2.29. The van der Waals surface area contributed by atoms with Crippen molar-refractivity contribution in [1.29, 1.82) is 0 Å². The van der Waals surface area contributed by atoms with E-state index in [-0.39, 0.29) is 17.1 Å². The van der Waals surface area contributed by atoms with Crippen molar-refractivity contribution in [3.63, 3.8) is 0 Å². The molecule has 1 amide bonds. The average molecular weight is 486 g/mol. The summed E-state index contributed by atoms with van der Waals surface area (Å²) in [6.07, 6.45) is 1.37. The number of piperidine rings is 1. The molecule has 0 spiro atoms. The van der Waals surface area contributed by atoms with Gasteiger partial charge in [-0.2, -0.15) is 18.3 Å². The molecule has 0 radical (unpaired) electrons. The highest BCUT2D eigenvalue weighted by Gasteiger charge is 2.33. The number of alkyl halides is 3. The summed E-state index contributed by atoms with van der Waals surface area (Å²) in [6, 6.07) is 5.93. The first-order chi connectivity index (χ1) is 16.8. The number of anilines is 1. The average Bonchev–Trinajstić information content (AvgIpc) is 3.51. The molecule has 1 fully saturated rings. The van der Waals surface area contributed by atoms with Crippen LogP contribution in [0, 0.1) is 0 Å². The van der Waals surface area contributed by atoms with Gasteiger partial charge in [0.1, 0.15) is 17.7 Å². The van der Waals surface area contributed by atoms with Gasteiger partial charge >= 0.3 is 6.18 Å². The monoisotopic (exact) mass is 486 g/mol. The maximum Gasteiger partial charge on any atom is 0.433 e. The van der Waals surface area contributed by atoms with Crippen LogP contribution in [0.15, 0.2) is 47.3 Å². The molecular weight excluding hydrogens is 465 g/mol. The lowest BCUT2D eigenvalue weighted by atomic mass is 10.1. The number of oxazole rings is 1. The number of halogens is 3. The number of carbonyl (C=O) groups excluding carboxylic acids is 1. The molecule has 3 aromatic heterocycles. The third kappa shape index (κ3) is 4.69. The second kappa shape index (κ2) is 9.02. The van der Waals surface area contributed by atoms with Gasteiger partial charge in [0.2, 0.25) is 5.89 Å². The van der Waals surface area contributed by atoms with Crippen molar-refractivity contribution >= 4 is 22.5 Å². The van der Waals surface area contributed by atoms with Crippen LogP contribution >= 0.6 is 0 Å². The van der Waals surface area contributed by atoms with E-state index in [4.69, 9.17) is 9.15 Å². The van der Waals surface area contributed by atoms with E-state index >= 15 is 0 Å². The maximum atomic E-state index is 13.0. The van der Waals surface area contributed by atoms with Crippen molar-refractivity contribution in [2.75, 3.05) is 25.5 Å². The zero-order valence-electron chi connectivity index (χ0n) is 18.6. The van der Waals surface area contributed by atoms with Crippen LogP contribution in [0.5, 0.6) is 5.75 Å². The minimum Gasteiger partial charge on any atom is -0.494 e. The molecule has 9 nitrogen and oxygen atoms in total. The molecule has 1 saturated heterocycles. The molecule has 35 heavy (non-hydrogen) atoms. The third-order valence-corrected chi connectivity index (χ3v) is 5.81. The van der Waals surface area contributed by atoms with Crippen LogP contribution in [-0.2, 0) is 6.18 Å². The summed E-state index contributed by atoms with van der Waals surface area (Å²) < 4.78 is 51.5. The van der Waals surface area contributed by atoms with Crippen LogP contribution in [0.1, 0.15) is 35.1 Å². The Bertz CT molecular complexity index is 1370. The fourth-order valence-electron chi connectivity index (χ4n) is 4.01. The number of nitrogens with one attached hydrogen (secondary N) is 2. The number of fused-ring (bicyclic) bond motifs is 1. The summed E-state index contributed by atoms with van der Waals surface area (Å²) >= 11 is 0. The number of rotatable bonds is 5. The lowest BCUT2D eigenvalue weighted by molar-refractivity contribution is -0.141. The Balaban J connectivity index is 1.38. The van der Waals surface area contributed by atoms with Crippen molar-refractivity contribution in [3.8, 4) is 17.2 Å². The van der Waals surface area contributed by atoms with E-state index < -0.39 is 17.8 Å². The fourth-order valence-corrected chi connectivity index (χ4v) is 4.01. The normalized spacial score (nSPS) is 14.9. The molecule has 0 atom stereocenters. The Labute approximate surface area is 197 Å². The van der Waals surface area contributed by atoms with Crippen LogP contribution in [0.4, 0.5) is 18.9 Å². The quantitative estimate of drug-likeness (QED) is 0.433. The molecule has 0 bridgehead atoms. The van der Waals surface area contributed by atoms with Crippen molar-refractivity contribution in [2.24, 2.45) is 0 Å². The Morgan fingerprint density at radius 3 is 2.80 bits per heavy atom. The van der Waals surface area contributed by atoms with Gasteiger partial charge in [-0.25, -0.2) is 4.98 Å². The Kier molecular flexibility index (Phi) is 5.89. The van der Waals surface area contributed by atoms with Gasteiger partial charge in [0, 0.05) is 29.4 Å². The maximum absolute atomic E-state index is 13.0. The molecule has 2 N–H and O–H groups in total. The number of amides is 1. The molecular formula is C23H21F3N6O3. The molecule has 0 aliphatic carbocycles. The molecule has 1 aliphatic heterocycles. The van der Waals surface area contributed by atoms with E-state index in [1.807, 2.05) is 10.9 Å². The van der Waals surface area contributed by atoms with Gasteiger partial charge < -0.3 is 19.8 Å². The second-order valence-corrected chi connectivity index (χ2v) is 8.12. The van der Waals surface area contributed by atoms with Crippen molar-refractivity contribution in [3.05, 3.63) is 54.3 Å². The predicted octanol–water partition coefficient (Wildman–Crippen LogP) is 4.29. The number of pyridine rings is 1. The highest BCUT2D eigenvalue weighted by molar-refractivity contribution is 6.05. The van der Waals surface area contributed by atoms with Crippen LogP contribution in [0.25, 0.3) is 22.4 Å². The molecule has 12 heteroatoms. The van der Waals surface area contributed by atoms with Crippen molar-refractivity contribution < 1.29 is 27.1 Å². The van der Waals surface area contributed by atoms with E-state index in [2.05, 4.69) is 25.7 Å². The Hall–Kier alpha value is -3.93. The van der Waals surface area contributed by atoms with Gasteiger partial charge in [0.25, 0.3) is 5.91 Å². The summed E-state index contributed by atoms with van der Waals surface area (Å²) in [5.41, 5.74) is 0.0128. The zero-order valence-corrected chi connectivity index (χ0v) is 18.6. The number of nitrogens with zero attached hydrogens (tertiary/aromatic N) is 4. The van der Waals surface area contributed by atoms with E-state index in [0.717, 1.165) is 55.4 Å². The molecule has 0 saturated carbocycles. The first-order valence-electron chi connectivity index (χ1n) is 10.9. The van der Waals surface area contributed by atoms with Crippen molar-refractivity contribution in [1.82, 2.24) is 25.1 Å². The van der Waals surface area contributed by atoms with Gasteiger partial charge in [0.15, 0.2) is 5.69 Å². The number of ether oxygens (including phenoxy) is 1. The predicted molar refractivity (Wildman–Crippen MR) is 120 cm³/mol. The minimum absolute atomic E-state index is 0.0516. The Morgan fingerprint density at radius 2 is 2.06 bits per heavy atom. The summed E-state index contributed by atoms with van der Waals surface area (Å²) in [6.45, 7) is 1.87. The number of hydrogen-bond acceptors (Lipinski definition) is 7. The molecule has 1 aliphatic rings. The van der Waals surface area contributed by atoms with Gasteiger partial charge in [-0.1, -0.05) is 0 Å². The smallest absolute Gasteiger partial charge is 0.433 e. The lowest BCUT2D eigenvalue weighted by Gasteiger charge is -2.22. The molecule has 1 aromatic carbocycles. The highest BCUT2D eigenvalue weighted by Crippen LogP contribution is 2.33. The zero-order chi connectivity index (χ0) is 24.6. The number of hydrogen-bond donors (Lipinski definition) is 2. The van der Waals surface area contributed by atoms with Crippen LogP contribution in [-0.4, -0.2) is 45.9 Å². The number of methoxy groups -OCH3 is 1. The number of carbonyl (C=O) groups is 1. The van der Waals surface area contributed by atoms with Gasteiger partial charge in [-0.3, -0.25) is 14.5 Å². The van der Waals surface area contributed by atoms with Crippen LogP contribution in [0.2, 0.25) is 0 Å². The third-order valence-electron chi connectivity index (χ3n) is 5.81. The molecule has 5 rings (SSSR count). The van der Waals surface area contributed by atoms with Crippen LogP contribution < -0.4 is 15.4 Å². The first kappa shape index (κ1) is 22.8. The van der Waals surface area contributed by atoms with Crippen molar-refractivity contribution in [2.45, 2.75) is 25.1 Å². The first-order valence-corrected chi connectivity index (χ1v) is 10.9. The summed E-state index contributed by atoms with van der Waals surface area (Å²) in [4.78, 5) is 20.2. The fraction of sp³-hybridized carbons (Fsp3) is 0.304. The summed E-state index contributed by atoms with van der Waals surface area (Å²) in [5, 5.41) is 11.6. The van der Waals surface area contributed by atoms with Gasteiger partial charge in [-0.05, 0) is 44.1 Å². The topological polar surface area (TPSA) is 107 Å². The molecule has 4 heterocycles. The van der Waals surface area contributed by atoms with E-state index in [1.54, 1.807) is 12.1 Å². The number of benzene rings is 1. The second-order valence-electron chi connectivity index (χ2n) is 8.12. The summed E-state index contributed by atoms with van der Waals surface area (Å²) in [5.74, 6) is -0.323. The number of aromatic nitrogens is 4. The Morgan fingerprint density at radius 1 is 1.26 bits per heavy atom.